The summed E-state index contributed by atoms with van der Waals surface area (Å²) in [7, 11) is -1.41. The van der Waals surface area contributed by atoms with Crippen LogP contribution in [-0.4, -0.2) is 41.4 Å². The van der Waals surface area contributed by atoms with Gasteiger partial charge in [-0.3, -0.25) is 4.79 Å². The summed E-state index contributed by atoms with van der Waals surface area (Å²) in [5.74, 6) is 0.313. The molecule has 2 aliphatic heterocycles. The van der Waals surface area contributed by atoms with Gasteiger partial charge in [0, 0.05) is 6.54 Å². The molecular formula is C10H18N2O2SSi. The predicted octanol–water partition coefficient (Wildman–Crippen LogP) is 1.48. The van der Waals surface area contributed by atoms with Gasteiger partial charge in [-0.25, -0.2) is 0 Å². The zero-order chi connectivity index (χ0) is 11.9. The topological polar surface area (TPSA) is 52.6 Å². The van der Waals surface area contributed by atoms with E-state index in [1.54, 1.807) is 11.8 Å². The lowest BCUT2D eigenvalue weighted by Crippen LogP contribution is -2.56. The number of aliphatic carboxylic acids is 1. The van der Waals surface area contributed by atoms with E-state index in [4.69, 9.17) is 5.11 Å². The highest BCUT2D eigenvalue weighted by Gasteiger charge is 2.39. The van der Waals surface area contributed by atoms with Crippen LogP contribution in [0.15, 0.2) is 11.9 Å². The highest BCUT2D eigenvalue weighted by molar-refractivity contribution is 8.01. The molecule has 0 aromatic carbocycles. The van der Waals surface area contributed by atoms with Gasteiger partial charge >= 0.3 is 5.97 Å². The van der Waals surface area contributed by atoms with Gasteiger partial charge in [0.05, 0.1) is 11.2 Å². The van der Waals surface area contributed by atoms with Crippen LogP contribution >= 0.6 is 11.8 Å². The van der Waals surface area contributed by atoms with E-state index in [9.17, 15) is 4.79 Å². The Morgan fingerprint density at radius 2 is 2.31 bits per heavy atom. The average Bonchev–Trinajstić information content (AvgIpc) is 2.04. The molecule has 0 aromatic heterocycles. The molecule has 2 N–H and O–H groups in total. The fourth-order valence-corrected chi connectivity index (χ4v) is 4.12. The Morgan fingerprint density at radius 3 is 2.75 bits per heavy atom. The SMILES string of the molecule is C[Si](C)(C)NC1=CC(C(=O)O)SC2CCN12. The first-order valence-electron chi connectivity index (χ1n) is 5.52. The number of carbonyl (C=O) groups is 1. The third-order valence-corrected chi connectivity index (χ3v) is 5.07. The van der Waals surface area contributed by atoms with Crippen LogP contribution < -0.4 is 4.98 Å². The Labute approximate surface area is 101 Å². The second-order valence-corrected chi connectivity index (χ2v) is 11.3. The fourth-order valence-electron chi connectivity index (χ4n) is 1.86. The van der Waals surface area contributed by atoms with Gasteiger partial charge in [-0.2, -0.15) is 0 Å². The molecule has 2 heterocycles. The minimum Gasteiger partial charge on any atom is -0.480 e. The van der Waals surface area contributed by atoms with E-state index >= 15 is 0 Å². The predicted molar refractivity (Wildman–Crippen MR) is 68.7 cm³/mol. The second kappa shape index (κ2) is 3.99. The van der Waals surface area contributed by atoms with Crippen LogP contribution in [0.5, 0.6) is 0 Å². The zero-order valence-electron chi connectivity index (χ0n) is 9.86. The van der Waals surface area contributed by atoms with Crippen molar-refractivity contribution in [3.8, 4) is 0 Å². The van der Waals surface area contributed by atoms with Crippen molar-refractivity contribution in [3.05, 3.63) is 11.9 Å². The number of hydrogen-bond acceptors (Lipinski definition) is 4. The number of carboxylic acids is 1. The molecule has 1 saturated heterocycles. The molecule has 90 valence electrons. The summed E-state index contributed by atoms with van der Waals surface area (Å²) in [6.07, 6.45) is 2.96. The molecule has 0 spiro atoms. The first-order chi connectivity index (χ1) is 7.37. The molecule has 0 aromatic rings. The molecule has 2 aliphatic rings. The Bertz CT molecular complexity index is 340. The van der Waals surface area contributed by atoms with Crippen molar-refractivity contribution in [1.82, 2.24) is 9.88 Å². The molecule has 0 bridgehead atoms. The van der Waals surface area contributed by atoms with Crippen molar-refractivity contribution < 1.29 is 9.90 Å². The molecule has 0 amide bonds. The van der Waals surface area contributed by atoms with Crippen molar-refractivity contribution in [3.63, 3.8) is 0 Å². The summed E-state index contributed by atoms with van der Waals surface area (Å²) in [5.41, 5.74) is 0. The molecule has 2 rings (SSSR count). The quantitative estimate of drug-likeness (QED) is 0.751. The van der Waals surface area contributed by atoms with Gasteiger partial charge in [0.15, 0.2) is 0 Å². The third-order valence-electron chi connectivity index (χ3n) is 2.63. The Hall–Kier alpha value is -0.623. The highest BCUT2D eigenvalue weighted by Crippen LogP contribution is 2.39. The Balaban J connectivity index is 2.16. The Kier molecular flexibility index (Phi) is 2.96. The van der Waals surface area contributed by atoms with Gasteiger partial charge < -0.3 is 15.0 Å². The highest BCUT2D eigenvalue weighted by atomic mass is 32.2. The Morgan fingerprint density at radius 1 is 1.62 bits per heavy atom. The van der Waals surface area contributed by atoms with Crippen LogP contribution in [0.4, 0.5) is 0 Å². The van der Waals surface area contributed by atoms with E-state index in [1.807, 2.05) is 6.08 Å². The van der Waals surface area contributed by atoms with Crippen LogP contribution in [0.1, 0.15) is 6.42 Å². The molecular weight excluding hydrogens is 240 g/mol. The van der Waals surface area contributed by atoms with Crippen LogP contribution in [0.2, 0.25) is 19.6 Å². The number of hydrogen-bond donors (Lipinski definition) is 2. The van der Waals surface area contributed by atoms with E-state index in [0.717, 1.165) is 18.8 Å². The second-order valence-electron chi connectivity index (χ2n) is 5.26. The summed E-state index contributed by atoms with van der Waals surface area (Å²) < 4.78 is 0. The van der Waals surface area contributed by atoms with Crippen molar-refractivity contribution in [1.29, 1.82) is 0 Å². The minimum atomic E-state index is -1.41. The summed E-state index contributed by atoms with van der Waals surface area (Å²) in [4.78, 5) is 16.8. The lowest BCUT2D eigenvalue weighted by molar-refractivity contribution is -0.135. The van der Waals surface area contributed by atoms with Gasteiger partial charge in [-0.1, -0.05) is 19.6 Å². The molecule has 1 fully saturated rings. The van der Waals surface area contributed by atoms with Crippen molar-refractivity contribution >= 4 is 26.0 Å². The van der Waals surface area contributed by atoms with Crippen molar-refractivity contribution in [2.75, 3.05) is 6.54 Å². The summed E-state index contributed by atoms with van der Waals surface area (Å²) >= 11 is 1.54. The number of nitrogens with one attached hydrogen (secondary N) is 1. The lowest BCUT2D eigenvalue weighted by atomic mass is 10.2. The molecule has 6 heteroatoms. The number of nitrogens with zero attached hydrogens (tertiary/aromatic N) is 1. The van der Waals surface area contributed by atoms with E-state index in [0.29, 0.717) is 5.37 Å². The van der Waals surface area contributed by atoms with E-state index < -0.39 is 14.2 Å². The zero-order valence-corrected chi connectivity index (χ0v) is 11.7. The first-order valence-corrected chi connectivity index (χ1v) is 9.96. The number of rotatable bonds is 3. The molecule has 0 saturated carbocycles. The summed E-state index contributed by atoms with van der Waals surface area (Å²) in [6.45, 7) is 7.72. The number of carboxylic acid groups (broad SMARTS) is 1. The maximum absolute atomic E-state index is 11.0. The molecule has 0 aliphatic carbocycles. The lowest BCUT2D eigenvalue weighted by Gasteiger charge is -2.48. The normalized spacial score (nSPS) is 28.9. The van der Waals surface area contributed by atoms with E-state index in [2.05, 4.69) is 29.5 Å². The van der Waals surface area contributed by atoms with Crippen LogP contribution in [0.3, 0.4) is 0 Å². The van der Waals surface area contributed by atoms with Gasteiger partial charge in [-0.05, 0) is 12.5 Å². The molecule has 0 radical (unpaired) electrons. The smallest absolute Gasteiger partial charge is 0.320 e. The van der Waals surface area contributed by atoms with Gasteiger partial charge in [0.1, 0.15) is 13.5 Å². The van der Waals surface area contributed by atoms with E-state index in [-0.39, 0.29) is 5.25 Å². The number of fused-ring (bicyclic) bond motifs is 1. The average molecular weight is 258 g/mol. The largest absolute Gasteiger partial charge is 0.480 e. The van der Waals surface area contributed by atoms with Crippen LogP contribution in [0, 0.1) is 0 Å². The molecule has 16 heavy (non-hydrogen) atoms. The molecule has 2 unspecified atom stereocenters. The van der Waals surface area contributed by atoms with Crippen LogP contribution in [-0.2, 0) is 4.79 Å². The maximum Gasteiger partial charge on any atom is 0.320 e. The number of thioether (sulfide) groups is 1. The van der Waals surface area contributed by atoms with Gasteiger partial charge in [0.2, 0.25) is 0 Å². The van der Waals surface area contributed by atoms with Crippen LogP contribution in [0.25, 0.3) is 0 Å². The third kappa shape index (κ3) is 2.37. The van der Waals surface area contributed by atoms with Gasteiger partial charge in [0.25, 0.3) is 0 Å². The first kappa shape index (κ1) is 11.9. The summed E-state index contributed by atoms with van der Waals surface area (Å²) in [5, 5.41) is 9.06. The van der Waals surface area contributed by atoms with E-state index in [1.165, 1.54) is 0 Å². The summed E-state index contributed by atoms with van der Waals surface area (Å²) in [6, 6.07) is 0. The fraction of sp³-hybridized carbons (Fsp3) is 0.700. The van der Waals surface area contributed by atoms with Gasteiger partial charge in [-0.15, -0.1) is 11.8 Å². The molecule has 4 nitrogen and oxygen atoms in total. The minimum absolute atomic E-state index is 0.366. The monoisotopic (exact) mass is 258 g/mol. The van der Waals surface area contributed by atoms with Crippen molar-refractivity contribution in [2.45, 2.75) is 36.7 Å². The molecule has 2 atom stereocenters. The standard InChI is InChI=1S/C10H18N2O2SSi/c1-16(2,3)11-8-6-7(10(13)14)15-9-4-5-12(8)9/h6-7,9,11H,4-5H2,1-3H3,(H,13,14). The van der Waals surface area contributed by atoms with Crippen molar-refractivity contribution in [2.24, 2.45) is 0 Å². The maximum atomic E-state index is 11.0.